The molecule has 6 heteroatoms. The molecule has 2 aliphatic heterocycles. The SMILES string of the molecule is CC(C)(C)OC(=O)C1=CCC[C@@H]2[C@H](NC(=O)c3ccccc3)C(=O)N12. The Kier molecular flexibility index (Phi) is 4.37. The normalized spacial score (nSPS) is 22.4. The molecule has 2 heterocycles. The summed E-state index contributed by atoms with van der Waals surface area (Å²) >= 11 is 0. The molecule has 0 bridgehead atoms. The minimum Gasteiger partial charge on any atom is -0.455 e. The van der Waals surface area contributed by atoms with Gasteiger partial charge < -0.3 is 10.1 Å². The molecule has 1 fully saturated rings. The van der Waals surface area contributed by atoms with Gasteiger partial charge >= 0.3 is 5.97 Å². The number of hydrogen-bond donors (Lipinski definition) is 1. The summed E-state index contributed by atoms with van der Waals surface area (Å²) in [6.45, 7) is 5.35. The molecule has 0 aliphatic carbocycles. The first-order valence-corrected chi connectivity index (χ1v) is 8.40. The van der Waals surface area contributed by atoms with E-state index < -0.39 is 17.6 Å². The van der Waals surface area contributed by atoms with E-state index in [1.165, 1.54) is 4.90 Å². The largest absolute Gasteiger partial charge is 0.455 e. The lowest BCUT2D eigenvalue weighted by molar-refractivity contribution is -0.161. The molecular weight excluding hydrogens is 320 g/mol. The number of carbonyl (C=O) groups is 3. The Morgan fingerprint density at radius 3 is 2.52 bits per heavy atom. The molecule has 2 atom stereocenters. The van der Waals surface area contributed by atoms with Crippen LogP contribution in [0.15, 0.2) is 42.1 Å². The van der Waals surface area contributed by atoms with Crippen molar-refractivity contribution >= 4 is 17.8 Å². The van der Waals surface area contributed by atoms with Crippen molar-refractivity contribution in [2.75, 3.05) is 0 Å². The highest BCUT2D eigenvalue weighted by molar-refractivity contribution is 6.04. The van der Waals surface area contributed by atoms with E-state index in [0.29, 0.717) is 18.4 Å². The second-order valence-electron chi connectivity index (χ2n) is 7.26. The number of fused-ring (bicyclic) bond motifs is 1. The second kappa shape index (κ2) is 6.35. The smallest absolute Gasteiger partial charge is 0.355 e. The lowest BCUT2D eigenvalue weighted by Crippen LogP contribution is -2.71. The monoisotopic (exact) mass is 342 g/mol. The molecule has 0 unspecified atom stereocenters. The van der Waals surface area contributed by atoms with E-state index >= 15 is 0 Å². The van der Waals surface area contributed by atoms with Crippen LogP contribution in [0.5, 0.6) is 0 Å². The van der Waals surface area contributed by atoms with Crippen molar-refractivity contribution in [3.05, 3.63) is 47.7 Å². The van der Waals surface area contributed by atoms with Gasteiger partial charge in [0, 0.05) is 5.56 Å². The van der Waals surface area contributed by atoms with Crippen molar-refractivity contribution in [2.45, 2.75) is 51.3 Å². The van der Waals surface area contributed by atoms with Crippen LogP contribution in [0, 0.1) is 0 Å². The van der Waals surface area contributed by atoms with E-state index in [4.69, 9.17) is 4.74 Å². The lowest BCUT2D eigenvalue weighted by Gasteiger charge is -2.49. The predicted octanol–water partition coefficient (Wildman–Crippen LogP) is 2.02. The molecule has 0 saturated carbocycles. The third-order valence-electron chi connectivity index (χ3n) is 4.21. The number of hydrogen-bond acceptors (Lipinski definition) is 4. The number of carbonyl (C=O) groups excluding carboxylic acids is 3. The lowest BCUT2D eigenvalue weighted by atomic mass is 9.86. The second-order valence-corrected chi connectivity index (χ2v) is 7.26. The number of rotatable bonds is 3. The Morgan fingerprint density at radius 2 is 1.88 bits per heavy atom. The van der Waals surface area contributed by atoms with E-state index in [-0.39, 0.29) is 23.6 Å². The number of ether oxygens (including phenoxy) is 1. The summed E-state index contributed by atoms with van der Waals surface area (Å²) in [5.74, 6) is -1.06. The summed E-state index contributed by atoms with van der Waals surface area (Å²) in [7, 11) is 0. The van der Waals surface area contributed by atoms with Crippen LogP contribution >= 0.6 is 0 Å². The molecule has 3 rings (SSSR count). The Labute approximate surface area is 146 Å². The Balaban J connectivity index is 1.69. The molecule has 1 aromatic carbocycles. The van der Waals surface area contributed by atoms with Gasteiger partial charge in [0.25, 0.3) is 11.8 Å². The van der Waals surface area contributed by atoms with Gasteiger partial charge in [-0.3, -0.25) is 14.5 Å². The predicted molar refractivity (Wildman–Crippen MR) is 91.5 cm³/mol. The number of nitrogens with zero attached hydrogens (tertiary/aromatic N) is 1. The van der Waals surface area contributed by atoms with Crippen molar-refractivity contribution in [1.82, 2.24) is 10.2 Å². The summed E-state index contributed by atoms with van der Waals surface area (Å²) in [5, 5.41) is 2.78. The third-order valence-corrected chi connectivity index (χ3v) is 4.21. The van der Waals surface area contributed by atoms with Crippen LogP contribution in [-0.4, -0.2) is 40.4 Å². The van der Waals surface area contributed by atoms with Crippen molar-refractivity contribution in [3.8, 4) is 0 Å². The maximum Gasteiger partial charge on any atom is 0.355 e. The molecule has 2 amide bonds. The fraction of sp³-hybridized carbons (Fsp3) is 0.421. The summed E-state index contributed by atoms with van der Waals surface area (Å²) in [4.78, 5) is 38.6. The minimum atomic E-state index is -0.625. The number of esters is 1. The number of β-lactam (4-membered cyclic amide) rings is 1. The molecule has 25 heavy (non-hydrogen) atoms. The summed E-state index contributed by atoms with van der Waals surface area (Å²) in [6, 6.07) is 7.96. The third kappa shape index (κ3) is 3.43. The molecule has 6 nitrogen and oxygen atoms in total. The fourth-order valence-corrected chi connectivity index (χ4v) is 3.11. The maximum absolute atomic E-state index is 12.5. The van der Waals surface area contributed by atoms with Gasteiger partial charge in [0.1, 0.15) is 17.3 Å². The van der Waals surface area contributed by atoms with Crippen LogP contribution in [0.25, 0.3) is 0 Å². The van der Waals surface area contributed by atoms with Crippen molar-refractivity contribution in [2.24, 2.45) is 0 Å². The van der Waals surface area contributed by atoms with Gasteiger partial charge in [-0.15, -0.1) is 0 Å². The number of amides is 2. The summed E-state index contributed by atoms with van der Waals surface area (Å²) < 4.78 is 5.38. The highest BCUT2D eigenvalue weighted by Crippen LogP contribution is 2.34. The van der Waals surface area contributed by atoms with E-state index in [9.17, 15) is 14.4 Å². The van der Waals surface area contributed by atoms with E-state index in [0.717, 1.165) is 0 Å². The first-order chi connectivity index (χ1) is 11.8. The number of benzene rings is 1. The van der Waals surface area contributed by atoms with Gasteiger partial charge in [-0.25, -0.2) is 4.79 Å². The zero-order valence-corrected chi connectivity index (χ0v) is 14.6. The summed E-state index contributed by atoms with van der Waals surface area (Å²) in [5.41, 5.74) is 0.161. The van der Waals surface area contributed by atoms with Gasteiger partial charge in [-0.05, 0) is 45.7 Å². The molecular formula is C19H22N2O4. The molecule has 1 N–H and O–H groups in total. The van der Waals surface area contributed by atoms with E-state index in [2.05, 4.69) is 5.32 Å². The van der Waals surface area contributed by atoms with Gasteiger partial charge in [-0.1, -0.05) is 24.3 Å². The van der Waals surface area contributed by atoms with Crippen molar-refractivity contribution in [3.63, 3.8) is 0 Å². The first-order valence-electron chi connectivity index (χ1n) is 8.40. The average molecular weight is 342 g/mol. The average Bonchev–Trinajstić information content (AvgIpc) is 2.57. The van der Waals surface area contributed by atoms with Gasteiger partial charge in [0.2, 0.25) is 0 Å². The van der Waals surface area contributed by atoms with Gasteiger partial charge in [0.05, 0.1) is 6.04 Å². The van der Waals surface area contributed by atoms with Crippen LogP contribution in [-0.2, 0) is 14.3 Å². The topological polar surface area (TPSA) is 75.7 Å². The zero-order valence-electron chi connectivity index (χ0n) is 14.6. The van der Waals surface area contributed by atoms with Gasteiger partial charge in [0.15, 0.2) is 0 Å². The highest BCUT2D eigenvalue weighted by Gasteiger charge is 2.52. The van der Waals surface area contributed by atoms with Crippen LogP contribution < -0.4 is 5.32 Å². The fourth-order valence-electron chi connectivity index (χ4n) is 3.11. The van der Waals surface area contributed by atoms with Crippen LogP contribution in [0.1, 0.15) is 44.0 Å². The first kappa shape index (κ1) is 17.2. The number of allylic oxidation sites excluding steroid dienone is 1. The standard InChI is InChI=1S/C19H22N2O4/c1-19(2,3)25-18(24)14-11-7-10-13-15(17(23)21(13)14)20-16(22)12-8-5-4-6-9-12/h4-6,8-9,11,13,15H,7,10H2,1-3H3,(H,20,22)/t13-,15+/m1/s1. The highest BCUT2D eigenvalue weighted by atomic mass is 16.6. The molecule has 132 valence electrons. The number of nitrogens with one attached hydrogen (secondary N) is 1. The molecule has 0 radical (unpaired) electrons. The molecule has 0 aromatic heterocycles. The molecule has 1 saturated heterocycles. The summed E-state index contributed by atoms with van der Waals surface area (Å²) in [6.07, 6.45) is 3.11. The Morgan fingerprint density at radius 1 is 1.20 bits per heavy atom. The zero-order chi connectivity index (χ0) is 18.2. The van der Waals surface area contributed by atoms with Crippen LogP contribution in [0.4, 0.5) is 0 Å². The quantitative estimate of drug-likeness (QED) is 0.673. The van der Waals surface area contributed by atoms with E-state index in [1.54, 1.807) is 51.1 Å². The van der Waals surface area contributed by atoms with E-state index in [1.807, 2.05) is 6.07 Å². The molecule has 1 aromatic rings. The van der Waals surface area contributed by atoms with Crippen molar-refractivity contribution < 1.29 is 19.1 Å². The van der Waals surface area contributed by atoms with Crippen LogP contribution in [0.3, 0.4) is 0 Å². The molecule has 2 aliphatic rings. The Hall–Kier alpha value is -2.63. The van der Waals surface area contributed by atoms with Crippen molar-refractivity contribution in [1.29, 1.82) is 0 Å². The maximum atomic E-state index is 12.5. The van der Waals surface area contributed by atoms with Gasteiger partial charge in [-0.2, -0.15) is 0 Å². The molecule has 0 spiro atoms. The van der Waals surface area contributed by atoms with Crippen LogP contribution in [0.2, 0.25) is 0 Å². The Bertz CT molecular complexity index is 734. The minimum absolute atomic E-state index is 0.201.